The summed E-state index contributed by atoms with van der Waals surface area (Å²) in [6, 6.07) is 1.08. The van der Waals surface area contributed by atoms with Crippen LogP contribution in [0.25, 0.3) is 0 Å². The summed E-state index contributed by atoms with van der Waals surface area (Å²) >= 11 is 0. The minimum Gasteiger partial charge on any atom is -0.340 e. The van der Waals surface area contributed by atoms with E-state index in [0.29, 0.717) is 18.0 Å². The second-order valence-electron chi connectivity index (χ2n) is 4.93. The van der Waals surface area contributed by atoms with Crippen molar-refractivity contribution in [1.29, 1.82) is 0 Å². The van der Waals surface area contributed by atoms with Gasteiger partial charge in [-0.3, -0.25) is 4.79 Å². The van der Waals surface area contributed by atoms with Gasteiger partial charge in [-0.1, -0.05) is 0 Å². The van der Waals surface area contributed by atoms with Gasteiger partial charge in [0.2, 0.25) is 5.91 Å². The van der Waals surface area contributed by atoms with Crippen LogP contribution in [0.4, 0.5) is 0 Å². The smallest absolute Gasteiger partial charge is 0.226 e. The molecule has 2 atom stereocenters. The molecule has 1 aliphatic heterocycles. The van der Waals surface area contributed by atoms with Crippen molar-refractivity contribution in [3.05, 3.63) is 0 Å². The zero-order valence-electron chi connectivity index (χ0n) is 9.83. The Labute approximate surface area is 92.2 Å². The summed E-state index contributed by atoms with van der Waals surface area (Å²) in [6.45, 7) is 6.16. The summed E-state index contributed by atoms with van der Waals surface area (Å²) in [5.74, 6) is 0.690. The molecule has 2 aliphatic rings. The van der Waals surface area contributed by atoms with Crippen LogP contribution in [-0.4, -0.2) is 36.0 Å². The lowest BCUT2D eigenvalue weighted by Gasteiger charge is -2.31. The lowest BCUT2D eigenvalue weighted by Crippen LogP contribution is -2.44. The predicted molar refractivity (Wildman–Crippen MR) is 60.6 cm³/mol. The van der Waals surface area contributed by atoms with E-state index in [1.165, 1.54) is 12.8 Å². The summed E-state index contributed by atoms with van der Waals surface area (Å²) in [5, 5.41) is 3.40. The van der Waals surface area contributed by atoms with Crippen LogP contribution in [0.5, 0.6) is 0 Å². The van der Waals surface area contributed by atoms with Gasteiger partial charge in [0.25, 0.3) is 0 Å². The Kier molecular flexibility index (Phi) is 3.29. The van der Waals surface area contributed by atoms with Gasteiger partial charge in [-0.25, -0.2) is 0 Å². The van der Waals surface area contributed by atoms with Crippen molar-refractivity contribution in [2.45, 2.75) is 51.6 Å². The summed E-state index contributed by atoms with van der Waals surface area (Å²) in [5.41, 5.74) is 0. The first-order valence-electron chi connectivity index (χ1n) is 6.26. The third kappa shape index (κ3) is 2.51. The molecule has 86 valence electrons. The molecule has 0 aromatic rings. The van der Waals surface area contributed by atoms with E-state index >= 15 is 0 Å². The molecule has 1 saturated heterocycles. The van der Waals surface area contributed by atoms with Crippen LogP contribution in [0.3, 0.4) is 0 Å². The quantitative estimate of drug-likeness (QED) is 0.763. The number of piperidine rings is 1. The van der Waals surface area contributed by atoms with Gasteiger partial charge in [-0.15, -0.1) is 0 Å². The molecule has 3 nitrogen and oxygen atoms in total. The van der Waals surface area contributed by atoms with Crippen LogP contribution in [-0.2, 0) is 4.79 Å². The molecule has 3 heteroatoms. The lowest BCUT2D eigenvalue weighted by molar-refractivity contribution is -0.137. The largest absolute Gasteiger partial charge is 0.340 e. The fourth-order valence-corrected chi connectivity index (χ4v) is 2.57. The third-order valence-corrected chi connectivity index (χ3v) is 3.58. The molecule has 0 spiro atoms. The van der Waals surface area contributed by atoms with Crippen LogP contribution in [0.2, 0.25) is 0 Å². The van der Waals surface area contributed by atoms with Crippen molar-refractivity contribution in [3.63, 3.8) is 0 Å². The predicted octanol–water partition coefficient (Wildman–Crippen LogP) is 1.39. The normalized spacial score (nSPS) is 31.3. The molecule has 2 unspecified atom stereocenters. The lowest BCUT2D eigenvalue weighted by atomic mass is 9.92. The van der Waals surface area contributed by atoms with Crippen LogP contribution in [0.1, 0.15) is 39.5 Å². The first-order valence-corrected chi connectivity index (χ1v) is 6.26. The summed E-state index contributed by atoms with van der Waals surface area (Å²) in [4.78, 5) is 14.4. The fourth-order valence-electron chi connectivity index (χ4n) is 2.57. The van der Waals surface area contributed by atoms with Crippen molar-refractivity contribution < 1.29 is 4.79 Å². The maximum atomic E-state index is 12.3. The van der Waals surface area contributed by atoms with Crippen molar-refractivity contribution in [2.24, 2.45) is 5.92 Å². The average Bonchev–Trinajstić information content (AvgIpc) is 3.03. The number of hydrogen-bond acceptors (Lipinski definition) is 2. The van der Waals surface area contributed by atoms with E-state index in [1.807, 2.05) is 0 Å². The summed E-state index contributed by atoms with van der Waals surface area (Å²) < 4.78 is 0. The highest BCUT2D eigenvalue weighted by Gasteiger charge is 2.35. The molecule has 1 amide bonds. The average molecular weight is 210 g/mol. The van der Waals surface area contributed by atoms with Gasteiger partial charge in [0.05, 0.1) is 0 Å². The number of nitrogens with one attached hydrogen (secondary N) is 1. The van der Waals surface area contributed by atoms with Gasteiger partial charge < -0.3 is 10.2 Å². The molecule has 0 aromatic carbocycles. The number of rotatable bonds is 3. The Bertz CT molecular complexity index is 238. The fraction of sp³-hybridized carbons (Fsp3) is 0.917. The monoisotopic (exact) mass is 210 g/mol. The van der Waals surface area contributed by atoms with E-state index < -0.39 is 0 Å². The minimum atomic E-state index is 0.279. The Balaban J connectivity index is 1.92. The number of hydrogen-bond donors (Lipinski definition) is 1. The molecular weight excluding hydrogens is 188 g/mol. The molecule has 1 N–H and O–H groups in total. The van der Waals surface area contributed by atoms with E-state index in [4.69, 9.17) is 0 Å². The third-order valence-electron chi connectivity index (χ3n) is 3.58. The Hall–Kier alpha value is -0.570. The highest BCUT2D eigenvalue weighted by Crippen LogP contribution is 2.29. The summed E-state index contributed by atoms with van der Waals surface area (Å²) in [7, 11) is 0. The van der Waals surface area contributed by atoms with Gasteiger partial charge >= 0.3 is 0 Å². The topological polar surface area (TPSA) is 32.3 Å². The second kappa shape index (κ2) is 4.52. The van der Waals surface area contributed by atoms with Gasteiger partial charge in [-0.2, -0.15) is 0 Å². The van der Waals surface area contributed by atoms with Gasteiger partial charge in [0, 0.05) is 24.5 Å². The molecule has 2 fully saturated rings. The van der Waals surface area contributed by atoms with E-state index in [-0.39, 0.29) is 5.92 Å². The van der Waals surface area contributed by atoms with E-state index in [0.717, 1.165) is 25.9 Å². The number of carbonyl (C=O) groups excluding carboxylic acids is 1. The first kappa shape index (κ1) is 10.9. The standard InChI is InChI=1S/C12H22N2O/c1-3-14(11-4-5-11)12(15)10-6-7-13-9(2)8-10/h9-11,13H,3-8H2,1-2H3. The van der Waals surface area contributed by atoms with Crippen molar-refractivity contribution >= 4 is 5.91 Å². The van der Waals surface area contributed by atoms with Crippen molar-refractivity contribution in [1.82, 2.24) is 10.2 Å². The SMILES string of the molecule is CCN(C(=O)C1CCNC(C)C1)C1CC1. The highest BCUT2D eigenvalue weighted by molar-refractivity contribution is 5.79. The Morgan fingerprint density at radius 3 is 2.67 bits per heavy atom. The van der Waals surface area contributed by atoms with Crippen LogP contribution in [0.15, 0.2) is 0 Å². The van der Waals surface area contributed by atoms with Gasteiger partial charge in [0.15, 0.2) is 0 Å². The second-order valence-corrected chi connectivity index (χ2v) is 4.93. The van der Waals surface area contributed by atoms with Crippen LogP contribution >= 0.6 is 0 Å². The zero-order valence-corrected chi connectivity index (χ0v) is 9.83. The molecule has 0 aromatic heterocycles. The first-order chi connectivity index (χ1) is 7.22. The number of carbonyl (C=O) groups is 1. The number of amides is 1. The Morgan fingerprint density at radius 2 is 2.13 bits per heavy atom. The molecule has 0 radical (unpaired) electrons. The van der Waals surface area contributed by atoms with Crippen molar-refractivity contribution in [2.75, 3.05) is 13.1 Å². The maximum absolute atomic E-state index is 12.3. The van der Waals surface area contributed by atoms with Crippen molar-refractivity contribution in [3.8, 4) is 0 Å². The van der Waals surface area contributed by atoms with Gasteiger partial charge in [0.1, 0.15) is 0 Å². The van der Waals surface area contributed by atoms with Crippen LogP contribution < -0.4 is 5.32 Å². The van der Waals surface area contributed by atoms with E-state index in [1.54, 1.807) is 0 Å². The molecule has 1 saturated carbocycles. The molecule has 1 heterocycles. The number of nitrogens with zero attached hydrogens (tertiary/aromatic N) is 1. The molecule has 15 heavy (non-hydrogen) atoms. The van der Waals surface area contributed by atoms with E-state index in [2.05, 4.69) is 24.1 Å². The molecule has 1 aliphatic carbocycles. The molecule has 0 bridgehead atoms. The van der Waals surface area contributed by atoms with Crippen LogP contribution in [0, 0.1) is 5.92 Å². The summed E-state index contributed by atoms with van der Waals surface area (Å²) in [6.07, 6.45) is 4.48. The zero-order chi connectivity index (χ0) is 10.8. The Morgan fingerprint density at radius 1 is 1.40 bits per heavy atom. The molecule has 2 rings (SSSR count). The highest BCUT2D eigenvalue weighted by atomic mass is 16.2. The molecular formula is C12H22N2O. The minimum absolute atomic E-state index is 0.279. The van der Waals surface area contributed by atoms with Gasteiger partial charge in [-0.05, 0) is 46.1 Å². The van der Waals surface area contributed by atoms with E-state index in [9.17, 15) is 4.79 Å². The maximum Gasteiger partial charge on any atom is 0.226 e.